The van der Waals surface area contributed by atoms with Crippen LogP contribution in [0.4, 0.5) is 0 Å². The van der Waals surface area contributed by atoms with Gasteiger partial charge in [0.25, 0.3) is 0 Å². The lowest BCUT2D eigenvalue weighted by Crippen LogP contribution is -2.06. The fourth-order valence-electron chi connectivity index (χ4n) is 2.95. The van der Waals surface area contributed by atoms with Crippen molar-refractivity contribution in [3.05, 3.63) is 83.6 Å². The number of benzene rings is 2. The van der Waals surface area contributed by atoms with E-state index in [4.69, 9.17) is 9.47 Å². The molecule has 0 amide bonds. The molecular formula is C23H21N3O3S. The number of nitrogens with zero attached hydrogens (tertiary/aromatic N) is 3. The Hall–Kier alpha value is -3.45. The molecule has 4 aromatic rings. The summed E-state index contributed by atoms with van der Waals surface area (Å²) in [6.07, 6.45) is 4.59. The summed E-state index contributed by atoms with van der Waals surface area (Å²) in [5.74, 6) is 0.532. The van der Waals surface area contributed by atoms with Gasteiger partial charge in [-0.05, 0) is 36.2 Å². The number of methoxy groups -OCH3 is 1. The van der Waals surface area contributed by atoms with Crippen LogP contribution in [-0.4, -0.2) is 27.8 Å². The predicted molar refractivity (Wildman–Crippen MR) is 116 cm³/mol. The fraction of sp³-hybridized carbons (Fsp3) is 0.174. The first-order valence-electron chi connectivity index (χ1n) is 9.55. The first-order valence-corrected chi connectivity index (χ1v) is 10.4. The van der Waals surface area contributed by atoms with E-state index < -0.39 is 0 Å². The molecule has 152 valence electrons. The van der Waals surface area contributed by atoms with E-state index in [9.17, 15) is 4.79 Å². The zero-order chi connectivity index (χ0) is 20.8. The van der Waals surface area contributed by atoms with Crippen LogP contribution in [0, 0.1) is 0 Å². The first-order chi connectivity index (χ1) is 14.7. The molecule has 0 fully saturated rings. The van der Waals surface area contributed by atoms with Crippen LogP contribution in [0.2, 0.25) is 0 Å². The summed E-state index contributed by atoms with van der Waals surface area (Å²) in [6, 6.07) is 17.6. The van der Waals surface area contributed by atoms with E-state index in [0.717, 1.165) is 33.3 Å². The number of rotatable bonds is 8. The maximum absolute atomic E-state index is 12.1. The monoisotopic (exact) mass is 419 g/mol. The summed E-state index contributed by atoms with van der Waals surface area (Å²) in [7, 11) is 1.64. The lowest BCUT2D eigenvalue weighted by atomic mass is 10.2. The second-order valence-electron chi connectivity index (χ2n) is 6.67. The van der Waals surface area contributed by atoms with Gasteiger partial charge in [-0.15, -0.1) is 11.3 Å². The maximum atomic E-state index is 12.1. The summed E-state index contributed by atoms with van der Waals surface area (Å²) in [4.78, 5) is 16.7. The quantitative estimate of drug-likeness (QED) is 0.388. The fourth-order valence-corrected chi connectivity index (χ4v) is 3.75. The van der Waals surface area contributed by atoms with Gasteiger partial charge in [0.2, 0.25) is 0 Å². The van der Waals surface area contributed by atoms with Crippen molar-refractivity contribution in [3.63, 3.8) is 0 Å². The van der Waals surface area contributed by atoms with Gasteiger partial charge < -0.3 is 9.47 Å². The smallest absolute Gasteiger partial charge is 0.306 e. The molecule has 0 aliphatic heterocycles. The minimum absolute atomic E-state index is 0.169. The van der Waals surface area contributed by atoms with E-state index >= 15 is 0 Å². The van der Waals surface area contributed by atoms with E-state index in [1.165, 1.54) is 11.3 Å². The molecule has 0 saturated heterocycles. The molecule has 4 rings (SSSR count). The molecule has 0 saturated carbocycles. The van der Waals surface area contributed by atoms with Crippen LogP contribution in [0.25, 0.3) is 16.3 Å². The van der Waals surface area contributed by atoms with Crippen molar-refractivity contribution in [1.29, 1.82) is 0 Å². The summed E-state index contributed by atoms with van der Waals surface area (Å²) < 4.78 is 12.4. The van der Waals surface area contributed by atoms with Gasteiger partial charge >= 0.3 is 5.97 Å². The molecular weight excluding hydrogens is 398 g/mol. The molecule has 0 aliphatic rings. The number of para-hydroxylation sites is 1. The largest absolute Gasteiger partial charge is 0.497 e. The van der Waals surface area contributed by atoms with Crippen LogP contribution in [0.15, 0.2) is 72.4 Å². The maximum Gasteiger partial charge on any atom is 0.306 e. The number of hydrogen-bond acceptors (Lipinski definition) is 6. The normalized spacial score (nSPS) is 10.7. The van der Waals surface area contributed by atoms with Crippen molar-refractivity contribution in [1.82, 2.24) is 14.8 Å². The van der Waals surface area contributed by atoms with Crippen molar-refractivity contribution < 1.29 is 14.3 Å². The third-order valence-electron chi connectivity index (χ3n) is 4.52. The summed E-state index contributed by atoms with van der Waals surface area (Å²) in [5.41, 5.74) is 3.70. The highest BCUT2D eigenvalue weighted by atomic mass is 32.1. The predicted octanol–water partition coefficient (Wildman–Crippen LogP) is 4.68. The number of hydrogen-bond donors (Lipinski definition) is 0. The molecule has 0 bridgehead atoms. The molecule has 0 aliphatic carbocycles. The SMILES string of the molecule is COc1cccc(-c2nc(COC(=O)CCc3cnn(-c4ccccc4)c3)cs2)c1. The Labute approximate surface area is 178 Å². The molecule has 6 nitrogen and oxygen atoms in total. The van der Waals surface area contributed by atoms with Crippen molar-refractivity contribution in [2.24, 2.45) is 0 Å². The number of thiazole rings is 1. The Morgan fingerprint density at radius 2 is 2.00 bits per heavy atom. The van der Waals surface area contributed by atoms with Crippen LogP contribution in [-0.2, 0) is 22.6 Å². The summed E-state index contributed by atoms with van der Waals surface area (Å²) in [6.45, 7) is 0.169. The van der Waals surface area contributed by atoms with E-state index in [1.807, 2.05) is 66.2 Å². The molecule has 0 unspecified atom stereocenters. The lowest BCUT2D eigenvalue weighted by Gasteiger charge is -2.03. The Morgan fingerprint density at radius 3 is 2.83 bits per heavy atom. The van der Waals surface area contributed by atoms with E-state index in [0.29, 0.717) is 12.8 Å². The molecule has 30 heavy (non-hydrogen) atoms. The zero-order valence-corrected chi connectivity index (χ0v) is 17.3. The molecule has 0 spiro atoms. The van der Waals surface area contributed by atoms with Crippen LogP contribution < -0.4 is 4.74 Å². The van der Waals surface area contributed by atoms with Gasteiger partial charge in [0, 0.05) is 23.6 Å². The Morgan fingerprint density at radius 1 is 1.13 bits per heavy atom. The zero-order valence-electron chi connectivity index (χ0n) is 16.5. The van der Waals surface area contributed by atoms with Gasteiger partial charge in [-0.1, -0.05) is 30.3 Å². The Bertz CT molecular complexity index is 1120. The third kappa shape index (κ3) is 4.93. The van der Waals surface area contributed by atoms with Gasteiger partial charge in [0.15, 0.2) is 0 Å². The summed E-state index contributed by atoms with van der Waals surface area (Å²) >= 11 is 1.52. The number of ether oxygens (including phenoxy) is 2. The number of carbonyl (C=O) groups excluding carboxylic acids is 1. The van der Waals surface area contributed by atoms with Crippen LogP contribution in [0.3, 0.4) is 0 Å². The highest BCUT2D eigenvalue weighted by molar-refractivity contribution is 7.13. The molecule has 0 N–H and O–H groups in total. The third-order valence-corrected chi connectivity index (χ3v) is 5.46. The highest BCUT2D eigenvalue weighted by Gasteiger charge is 2.10. The standard InChI is InChI=1S/C23H21N3O3S/c1-28-21-9-5-6-18(12-21)23-25-19(16-30-23)15-29-22(27)11-10-17-13-24-26(14-17)20-7-3-2-4-8-20/h2-9,12-14,16H,10-11,15H2,1H3. The van der Waals surface area contributed by atoms with Crippen LogP contribution in [0.1, 0.15) is 17.7 Å². The minimum atomic E-state index is -0.251. The minimum Gasteiger partial charge on any atom is -0.497 e. The van der Waals surface area contributed by atoms with Gasteiger partial charge in [-0.3, -0.25) is 4.79 Å². The molecule has 7 heteroatoms. The average molecular weight is 420 g/mol. The highest BCUT2D eigenvalue weighted by Crippen LogP contribution is 2.27. The second kappa shape index (κ2) is 9.37. The van der Waals surface area contributed by atoms with Gasteiger partial charge in [-0.25, -0.2) is 9.67 Å². The lowest BCUT2D eigenvalue weighted by molar-refractivity contribution is -0.145. The average Bonchev–Trinajstić information content (AvgIpc) is 3.47. The van der Waals surface area contributed by atoms with E-state index in [1.54, 1.807) is 18.0 Å². The van der Waals surface area contributed by atoms with Gasteiger partial charge in [0.1, 0.15) is 17.4 Å². The van der Waals surface area contributed by atoms with E-state index in [-0.39, 0.29) is 12.6 Å². The van der Waals surface area contributed by atoms with Crippen molar-refractivity contribution in [3.8, 4) is 22.0 Å². The number of aromatic nitrogens is 3. The van der Waals surface area contributed by atoms with Crippen molar-refractivity contribution >= 4 is 17.3 Å². The van der Waals surface area contributed by atoms with E-state index in [2.05, 4.69) is 10.1 Å². The van der Waals surface area contributed by atoms with Crippen molar-refractivity contribution in [2.45, 2.75) is 19.4 Å². The molecule has 2 heterocycles. The Balaban J connectivity index is 1.27. The molecule has 2 aromatic carbocycles. The number of carbonyl (C=O) groups is 1. The first kappa shape index (κ1) is 19.8. The van der Waals surface area contributed by atoms with Crippen LogP contribution in [0.5, 0.6) is 5.75 Å². The molecule has 2 aromatic heterocycles. The number of aryl methyl sites for hydroxylation is 1. The second-order valence-corrected chi connectivity index (χ2v) is 7.52. The Kier molecular flexibility index (Phi) is 6.20. The van der Waals surface area contributed by atoms with Gasteiger partial charge in [-0.2, -0.15) is 5.10 Å². The molecule has 0 atom stereocenters. The van der Waals surface area contributed by atoms with Crippen molar-refractivity contribution in [2.75, 3.05) is 7.11 Å². The topological polar surface area (TPSA) is 66.2 Å². The molecule has 0 radical (unpaired) electrons. The number of esters is 1. The van der Waals surface area contributed by atoms with Gasteiger partial charge in [0.05, 0.1) is 24.7 Å². The summed E-state index contributed by atoms with van der Waals surface area (Å²) in [5, 5.41) is 7.13. The van der Waals surface area contributed by atoms with Crippen LogP contribution >= 0.6 is 11.3 Å².